The first-order valence-corrected chi connectivity index (χ1v) is 9.06. The standard InChI is InChI=1S/C20H18N2O5S/c1-22-18(23)17(11-13-10-15(26-2)7-8-16(13)27-3)28-20(22)21-14-6-4-5-12(9-14)19(24)25/h4-11H,1-3H3,(H,24,25). The summed E-state index contributed by atoms with van der Waals surface area (Å²) in [5, 5.41) is 9.57. The lowest BCUT2D eigenvalue weighted by Crippen LogP contribution is -2.23. The van der Waals surface area contributed by atoms with Crippen LogP contribution in [-0.4, -0.2) is 48.3 Å². The van der Waals surface area contributed by atoms with E-state index in [9.17, 15) is 9.59 Å². The molecule has 8 heteroatoms. The molecule has 0 aromatic heterocycles. The average molecular weight is 398 g/mol. The number of nitrogens with zero attached hydrogens (tertiary/aromatic N) is 2. The molecule has 0 saturated carbocycles. The van der Waals surface area contributed by atoms with Crippen molar-refractivity contribution in [2.75, 3.05) is 21.3 Å². The molecule has 0 unspecified atom stereocenters. The topological polar surface area (TPSA) is 88.4 Å². The van der Waals surface area contributed by atoms with E-state index < -0.39 is 5.97 Å². The maximum absolute atomic E-state index is 12.6. The van der Waals surface area contributed by atoms with Crippen molar-refractivity contribution in [3.05, 3.63) is 58.5 Å². The van der Waals surface area contributed by atoms with Crippen LogP contribution in [0.25, 0.3) is 6.08 Å². The summed E-state index contributed by atoms with van der Waals surface area (Å²) in [4.78, 5) is 30.1. The number of thioether (sulfide) groups is 1. The number of carboxylic acids is 1. The van der Waals surface area contributed by atoms with Crippen LogP contribution in [0.3, 0.4) is 0 Å². The number of carbonyl (C=O) groups excluding carboxylic acids is 1. The summed E-state index contributed by atoms with van der Waals surface area (Å²) in [5.74, 6) is 0.0269. The van der Waals surface area contributed by atoms with Gasteiger partial charge in [0.25, 0.3) is 5.91 Å². The van der Waals surface area contributed by atoms with Crippen LogP contribution in [0.4, 0.5) is 5.69 Å². The minimum Gasteiger partial charge on any atom is -0.497 e. The van der Waals surface area contributed by atoms with E-state index in [2.05, 4.69) is 4.99 Å². The van der Waals surface area contributed by atoms with Gasteiger partial charge in [0.2, 0.25) is 0 Å². The summed E-state index contributed by atoms with van der Waals surface area (Å²) in [6.45, 7) is 0. The van der Waals surface area contributed by atoms with Gasteiger partial charge in [-0.25, -0.2) is 9.79 Å². The quantitative estimate of drug-likeness (QED) is 0.774. The maximum atomic E-state index is 12.6. The fourth-order valence-corrected chi connectivity index (χ4v) is 3.54. The highest BCUT2D eigenvalue weighted by molar-refractivity contribution is 8.18. The Morgan fingerprint density at radius 1 is 1.18 bits per heavy atom. The van der Waals surface area contributed by atoms with E-state index in [0.717, 1.165) is 0 Å². The summed E-state index contributed by atoms with van der Waals surface area (Å²) >= 11 is 1.21. The number of amidine groups is 1. The molecule has 0 bridgehead atoms. The van der Waals surface area contributed by atoms with Crippen molar-refractivity contribution in [2.45, 2.75) is 0 Å². The van der Waals surface area contributed by atoms with E-state index in [4.69, 9.17) is 14.6 Å². The van der Waals surface area contributed by atoms with Crippen LogP contribution in [0.2, 0.25) is 0 Å². The molecule has 1 fully saturated rings. The third-order valence-electron chi connectivity index (χ3n) is 4.04. The molecule has 0 spiro atoms. The summed E-state index contributed by atoms with van der Waals surface area (Å²) in [6, 6.07) is 11.6. The Hall–Kier alpha value is -3.26. The minimum atomic E-state index is -1.03. The Morgan fingerprint density at radius 2 is 1.96 bits per heavy atom. The number of ether oxygens (including phenoxy) is 2. The Morgan fingerprint density at radius 3 is 2.64 bits per heavy atom. The molecular formula is C20H18N2O5S. The molecule has 2 aromatic rings. The Kier molecular flexibility index (Phi) is 5.70. The lowest BCUT2D eigenvalue weighted by molar-refractivity contribution is -0.121. The maximum Gasteiger partial charge on any atom is 0.335 e. The zero-order valence-electron chi connectivity index (χ0n) is 15.5. The molecule has 1 heterocycles. The van der Waals surface area contributed by atoms with Gasteiger partial charge in [0.05, 0.1) is 30.4 Å². The summed E-state index contributed by atoms with van der Waals surface area (Å²) in [5.41, 5.74) is 1.30. The van der Waals surface area contributed by atoms with Crippen molar-refractivity contribution in [1.29, 1.82) is 0 Å². The number of carbonyl (C=O) groups is 2. The van der Waals surface area contributed by atoms with E-state index >= 15 is 0 Å². The molecule has 1 aliphatic rings. The van der Waals surface area contributed by atoms with E-state index in [1.54, 1.807) is 57.7 Å². The van der Waals surface area contributed by atoms with Crippen molar-refractivity contribution >= 4 is 40.6 Å². The smallest absolute Gasteiger partial charge is 0.335 e. The summed E-state index contributed by atoms with van der Waals surface area (Å²) in [6.07, 6.45) is 1.72. The number of amides is 1. The molecule has 1 saturated heterocycles. The second-order valence-electron chi connectivity index (χ2n) is 5.83. The molecule has 0 radical (unpaired) electrons. The van der Waals surface area contributed by atoms with Gasteiger partial charge in [-0.3, -0.25) is 9.69 Å². The number of rotatable bonds is 5. The van der Waals surface area contributed by atoms with Gasteiger partial charge in [0.15, 0.2) is 5.17 Å². The largest absolute Gasteiger partial charge is 0.497 e. The Balaban J connectivity index is 1.95. The molecule has 0 aliphatic carbocycles. The fraction of sp³-hybridized carbons (Fsp3) is 0.150. The number of aromatic carboxylic acids is 1. The van der Waals surface area contributed by atoms with Gasteiger partial charge < -0.3 is 14.6 Å². The Bertz CT molecular complexity index is 1000. The van der Waals surface area contributed by atoms with E-state index in [1.807, 2.05) is 0 Å². The number of carboxylic acid groups (broad SMARTS) is 1. The van der Waals surface area contributed by atoms with Gasteiger partial charge in [-0.05, 0) is 54.2 Å². The molecule has 2 aromatic carbocycles. The van der Waals surface area contributed by atoms with Gasteiger partial charge >= 0.3 is 5.97 Å². The lowest BCUT2D eigenvalue weighted by atomic mass is 10.1. The van der Waals surface area contributed by atoms with Crippen LogP contribution in [-0.2, 0) is 4.79 Å². The van der Waals surface area contributed by atoms with Crippen LogP contribution in [0.5, 0.6) is 11.5 Å². The van der Waals surface area contributed by atoms with Crippen molar-refractivity contribution in [3.63, 3.8) is 0 Å². The monoisotopic (exact) mass is 398 g/mol. The van der Waals surface area contributed by atoms with Crippen molar-refractivity contribution in [2.24, 2.45) is 4.99 Å². The molecule has 28 heavy (non-hydrogen) atoms. The van der Waals surface area contributed by atoms with Gasteiger partial charge in [-0.1, -0.05) is 6.07 Å². The number of hydrogen-bond donors (Lipinski definition) is 1. The lowest BCUT2D eigenvalue weighted by Gasteiger charge is -2.08. The normalized spacial score (nSPS) is 16.7. The third kappa shape index (κ3) is 4.01. The number of methoxy groups -OCH3 is 2. The average Bonchev–Trinajstić information content (AvgIpc) is 2.96. The first-order valence-electron chi connectivity index (χ1n) is 8.24. The van der Waals surface area contributed by atoms with Crippen LogP contribution in [0, 0.1) is 0 Å². The fourth-order valence-electron chi connectivity index (χ4n) is 2.56. The molecule has 3 rings (SSSR count). The second kappa shape index (κ2) is 8.18. The van der Waals surface area contributed by atoms with Crippen LogP contribution in [0.1, 0.15) is 15.9 Å². The van der Waals surface area contributed by atoms with Gasteiger partial charge in [0, 0.05) is 12.6 Å². The molecule has 1 aliphatic heterocycles. The molecule has 144 valence electrons. The molecule has 1 N–H and O–H groups in total. The molecular weight excluding hydrogens is 380 g/mol. The summed E-state index contributed by atoms with van der Waals surface area (Å²) < 4.78 is 10.6. The highest BCUT2D eigenvalue weighted by Gasteiger charge is 2.30. The van der Waals surface area contributed by atoms with Gasteiger partial charge in [0.1, 0.15) is 11.5 Å². The van der Waals surface area contributed by atoms with E-state index in [-0.39, 0.29) is 11.5 Å². The van der Waals surface area contributed by atoms with Crippen molar-refractivity contribution in [1.82, 2.24) is 4.90 Å². The predicted octanol–water partition coefficient (Wildman–Crippen LogP) is 3.64. The molecule has 1 amide bonds. The zero-order valence-corrected chi connectivity index (χ0v) is 16.3. The Labute approximate surface area is 166 Å². The number of hydrogen-bond acceptors (Lipinski definition) is 6. The minimum absolute atomic E-state index is 0.135. The second-order valence-corrected chi connectivity index (χ2v) is 6.84. The molecule has 0 atom stereocenters. The zero-order chi connectivity index (χ0) is 20.3. The third-order valence-corrected chi connectivity index (χ3v) is 5.11. The predicted molar refractivity (Wildman–Crippen MR) is 108 cm³/mol. The van der Waals surface area contributed by atoms with Gasteiger partial charge in [-0.15, -0.1) is 0 Å². The highest BCUT2D eigenvalue weighted by Crippen LogP contribution is 2.35. The molecule has 7 nitrogen and oxygen atoms in total. The number of likely N-dealkylation sites (N-methyl/N-ethyl adjacent to an activating group) is 1. The number of aliphatic imine (C=N–C) groups is 1. The van der Waals surface area contributed by atoms with E-state index in [1.165, 1.54) is 28.8 Å². The SMILES string of the molecule is COc1ccc(OC)c(C=C2SC(=Nc3cccc(C(=O)O)c3)N(C)C2=O)c1. The van der Waals surface area contributed by atoms with Crippen molar-refractivity contribution in [3.8, 4) is 11.5 Å². The number of benzene rings is 2. The van der Waals surface area contributed by atoms with Crippen LogP contribution < -0.4 is 9.47 Å². The van der Waals surface area contributed by atoms with E-state index in [0.29, 0.717) is 32.8 Å². The first-order chi connectivity index (χ1) is 13.4. The van der Waals surface area contributed by atoms with Crippen LogP contribution >= 0.6 is 11.8 Å². The van der Waals surface area contributed by atoms with Gasteiger partial charge in [-0.2, -0.15) is 0 Å². The summed E-state index contributed by atoms with van der Waals surface area (Å²) in [7, 11) is 4.75. The first kappa shape index (κ1) is 19.5. The van der Waals surface area contributed by atoms with Crippen LogP contribution in [0.15, 0.2) is 52.4 Å². The van der Waals surface area contributed by atoms with Crippen molar-refractivity contribution < 1.29 is 24.2 Å². The highest BCUT2D eigenvalue weighted by atomic mass is 32.2.